The normalized spacial score (nSPS) is 14.0. The van der Waals surface area contributed by atoms with Gasteiger partial charge in [0.05, 0.1) is 5.92 Å². The molecular formula is C6H10F3NO2. The van der Waals surface area contributed by atoms with Crippen LogP contribution in [0.3, 0.4) is 0 Å². The number of ether oxygens (including phenoxy) is 1. The van der Waals surface area contributed by atoms with Crippen LogP contribution in [-0.4, -0.2) is 18.9 Å². The molecule has 12 heavy (non-hydrogen) atoms. The van der Waals surface area contributed by atoms with E-state index in [1.807, 2.05) is 0 Å². The summed E-state index contributed by atoms with van der Waals surface area (Å²) in [4.78, 5) is 9.98. The minimum atomic E-state index is -4.33. The van der Waals surface area contributed by atoms with E-state index in [0.29, 0.717) is 0 Å². The zero-order valence-electron chi connectivity index (χ0n) is 6.52. The van der Waals surface area contributed by atoms with Crippen LogP contribution in [0.15, 0.2) is 0 Å². The van der Waals surface area contributed by atoms with E-state index in [9.17, 15) is 18.0 Å². The zero-order chi connectivity index (χ0) is 9.78. The van der Waals surface area contributed by atoms with Crippen molar-refractivity contribution >= 4 is 6.09 Å². The fraction of sp³-hybridized carbons (Fsp3) is 0.833. The number of nitrogens with two attached hydrogens (primary N) is 1. The molecule has 0 bridgehead atoms. The molecule has 0 spiro atoms. The molecule has 0 aromatic heterocycles. The largest absolute Gasteiger partial charge is 0.449 e. The van der Waals surface area contributed by atoms with E-state index in [2.05, 4.69) is 10.5 Å². The summed E-state index contributed by atoms with van der Waals surface area (Å²) >= 11 is 0. The Morgan fingerprint density at radius 3 is 2.33 bits per heavy atom. The van der Waals surface area contributed by atoms with Crippen molar-refractivity contribution in [2.45, 2.75) is 19.5 Å². The predicted octanol–water partition coefficient (Wildman–Crippen LogP) is 1.67. The quantitative estimate of drug-likeness (QED) is 0.727. The summed E-state index contributed by atoms with van der Waals surface area (Å²) in [7, 11) is 0. The van der Waals surface area contributed by atoms with Gasteiger partial charge in [0, 0.05) is 0 Å². The van der Waals surface area contributed by atoms with Gasteiger partial charge in [-0.1, -0.05) is 6.92 Å². The maximum absolute atomic E-state index is 11.9. The second kappa shape index (κ2) is 4.18. The van der Waals surface area contributed by atoms with Crippen LogP contribution in [0.25, 0.3) is 0 Å². The Balaban J connectivity index is 3.92. The molecule has 72 valence electrons. The highest BCUT2D eigenvalue weighted by Crippen LogP contribution is 2.28. The Morgan fingerprint density at radius 2 is 2.08 bits per heavy atom. The molecule has 0 rings (SSSR count). The molecular weight excluding hydrogens is 175 g/mol. The third-order valence-corrected chi connectivity index (χ3v) is 1.38. The standard InChI is InChI=1S/C6H10F3NO2/c1-2-4(6(7,8)9)3-12-5(10)11/h4H,2-3H2,1H3,(H2,10,11). The molecule has 0 aromatic rings. The fourth-order valence-corrected chi connectivity index (χ4v) is 0.627. The first-order valence-corrected chi connectivity index (χ1v) is 3.36. The van der Waals surface area contributed by atoms with E-state index in [0.717, 1.165) is 0 Å². The Hall–Kier alpha value is -0.940. The molecule has 1 amide bonds. The summed E-state index contributed by atoms with van der Waals surface area (Å²) in [5.74, 6) is -1.62. The highest BCUT2D eigenvalue weighted by atomic mass is 19.4. The van der Waals surface area contributed by atoms with E-state index in [-0.39, 0.29) is 6.42 Å². The number of hydrogen-bond donors (Lipinski definition) is 1. The first-order valence-electron chi connectivity index (χ1n) is 3.36. The molecule has 0 heterocycles. The zero-order valence-corrected chi connectivity index (χ0v) is 6.52. The van der Waals surface area contributed by atoms with Crippen molar-refractivity contribution in [1.29, 1.82) is 0 Å². The lowest BCUT2D eigenvalue weighted by Crippen LogP contribution is -2.29. The van der Waals surface area contributed by atoms with E-state index in [1.54, 1.807) is 0 Å². The number of carbonyl (C=O) groups is 1. The first kappa shape index (κ1) is 11.1. The number of alkyl halides is 3. The molecule has 1 atom stereocenters. The Labute approximate surface area is 67.7 Å². The maximum atomic E-state index is 11.9. The van der Waals surface area contributed by atoms with Gasteiger partial charge in [-0.2, -0.15) is 13.2 Å². The number of halogens is 3. The average molecular weight is 185 g/mol. The monoisotopic (exact) mass is 185 g/mol. The van der Waals surface area contributed by atoms with Crippen molar-refractivity contribution in [3.05, 3.63) is 0 Å². The van der Waals surface area contributed by atoms with Gasteiger partial charge >= 0.3 is 12.3 Å². The molecule has 0 aromatic carbocycles. The number of carbonyl (C=O) groups excluding carboxylic acids is 1. The average Bonchev–Trinajstić information content (AvgIpc) is 1.85. The minimum absolute atomic E-state index is 0.128. The Morgan fingerprint density at radius 1 is 1.58 bits per heavy atom. The SMILES string of the molecule is CCC(COC(N)=O)C(F)(F)F. The Kier molecular flexibility index (Phi) is 3.85. The summed E-state index contributed by atoms with van der Waals surface area (Å²) in [6, 6.07) is 0. The van der Waals surface area contributed by atoms with Crippen molar-refractivity contribution in [3.8, 4) is 0 Å². The van der Waals surface area contributed by atoms with E-state index in [4.69, 9.17) is 0 Å². The topological polar surface area (TPSA) is 52.3 Å². The van der Waals surface area contributed by atoms with Gasteiger partial charge in [-0.15, -0.1) is 0 Å². The van der Waals surface area contributed by atoms with Crippen LogP contribution in [0.2, 0.25) is 0 Å². The molecule has 0 radical (unpaired) electrons. The van der Waals surface area contributed by atoms with E-state index < -0.39 is 24.8 Å². The van der Waals surface area contributed by atoms with Crippen LogP contribution in [0.4, 0.5) is 18.0 Å². The third-order valence-electron chi connectivity index (χ3n) is 1.38. The highest BCUT2D eigenvalue weighted by Gasteiger charge is 2.38. The highest BCUT2D eigenvalue weighted by molar-refractivity contribution is 5.64. The van der Waals surface area contributed by atoms with E-state index in [1.165, 1.54) is 6.92 Å². The summed E-state index contributed by atoms with van der Waals surface area (Å²) in [5.41, 5.74) is 4.51. The molecule has 1 unspecified atom stereocenters. The van der Waals surface area contributed by atoms with Crippen LogP contribution >= 0.6 is 0 Å². The summed E-state index contributed by atoms with van der Waals surface area (Å²) in [5, 5.41) is 0. The summed E-state index contributed by atoms with van der Waals surface area (Å²) in [6.45, 7) is 0.665. The molecule has 0 saturated carbocycles. The maximum Gasteiger partial charge on any atom is 0.404 e. The number of rotatable bonds is 3. The fourth-order valence-electron chi connectivity index (χ4n) is 0.627. The third kappa shape index (κ3) is 4.05. The molecule has 0 aliphatic carbocycles. The van der Waals surface area contributed by atoms with Crippen molar-refractivity contribution < 1.29 is 22.7 Å². The molecule has 0 aliphatic rings. The summed E-state index contributed by atoms with van der Waals surface area (Å²) < 4.78 is 39.9. The van der Waals surface area contributed by atoms with Gasteiger partial charge < -0.3 is 10.5 Å². The second-order valence-electron chi connectivity index (χ2n) is 2.28. The lowest BCUT2D eigenvalue weighted by atomic mass is 10.1. The van der Waals surface area contributed by atoms with Gasteiger partial charge in [-0.05, 0) is 6.42 Å². The van der Waals surface area contributed by atoms with Crippen LogP contribution < -0.4 is 5.73 Å². The molecule has 3 nitrogen and oxygen atoms in total. The lowest BCUT2D eigenvalue weighted by Gasteiger charge is -2.17. The lowest BCUT2D eigenvalue weighted by molar-refractivity contribution is -0.184. The van der Waals surface area contributed by atoms with Crippen LogP contribution in [0.5, 0.6) is 0 Å². The molecule has 0 fully saturated rings. The smallest absolute Gasteiger partial charge is 0.404 e. The number of hydrogen-bond acceptors (Lipinski definition) is 2. The predicted molar refractivity (Wildman–Crippen MR) is 35.4 cm³/mol. The molecule has 2 N–H and O–H groups in total. The van der Waals surface area contributed by atoms with Crippen molar-refractivity contribution in [1.82, 2.24) is 0 Å². The van der Waals surface area contributed by atoms with Crippen LogP contribution in [-0.2, 0) is 4.74 Å². The van der Waals surface area contributed by atoms with Crippen molar-refractivity contribution in [2.24, 2.45) is 11.7 Å². The van der Waals surface area contributed by atoms with Gasteiger partial charge in [-0.3, -0.25) is 0 Å². The van der Waals surface area contributed by atoms with Crippen LogP contribution in [0.1, 0.15) is 13.3 Å². The minimum Gasteiger partial charge on any atom is -0.449 e. The number of amides is 1. The van der Waals surface area contributed by atoms with Gasteiger partial charge in [0.2, 0.25) is 0 Å². The van der Waals surface area contributed by atoms with Crippen molar-refractivity contribution in [3.63, 3.8) is 0 Å². The Bertz CT molecular complexity index is 157. The van der Waals surface area contributed by atoms with Crippen LogP contribution in [0, 0.1) is 5.92 Å². The van der Waals surface area contributed by atoms with E-state index >= 15 is 0 Å². The summed E-state index contributed by atoms with van der Waals surface area (Å²) in [6.07, 6.45) is -5.64. The van der Waals surface area contributed by atoms with Gasteiger partial charge in [0.25, 0.3) is 0 Å². The first-order chi connectivity index (χ1) is 5.38. The van der Waals surface area contributed by atoms with Gasteiger partial charge in [-0.25, -0.2) is 4.79 Å². The second-order valence-corrected chi connectivity index (χ2v) is 2.28. The van der Waals surface area contributed by atoms with Crippen molar-refractivity contribution in [2.75, 3.05) is 6.61 Å². The van der Waals surface area contributed by atoms with Gasteiger partial charge in [0.15, 0.2) is 0 Å². The number of primary amides is 1. The molecule has 0 aliphatic heterocycles. The molecule has 6 heteroatoms. The molecule has 0 saturated heterocycles. The van der Waals surface area contributed by atoms with Gasteiger partial charge in [0.1, 0.15) is 6.61 Å².